The van der Waals surface area contributed by atoms with Gasteiger partial charge in [-0.1, -0.05) is 6.07 Å². The van der Waals surface area contributed by atoms with E-state index in [9.17, 15) is 8.78 Å². The van der Waals surface area contributed by atoms with Crippen LogP contribution in [0.2, 0.25) is 0 Å². The molecule has 98 valence electrons. The molecule has 0 radical (unpaired) electrons. The maximum Gasteiger partial charge on any atom is 0.387 e. The summed E-state index contributed by atoms with van der Waals surface area (Å²) in [4.78, 5) is 1.67. The summed E-state index contributed by atoms with van der Waals surface area (Å²) >= 11 is 0. The van der Waals surface area contributed by atoms with E-state index in [0.29, 0.717) is 5.56 Å². The summed E-state index contributed by atoms with van der Waals surface area (Å²) in [5.41, 5.74) is 0.568. The monoisotopic (exact) mass is 256 g/mol. The van der Waals surface area contributed by atoms with Crippen molar-refractivity contribution < 1.29 is 18.3 Å². The number of nitrogens with zero attached hydrogens (tertiary/aromatic N) is 2. The van der Waals surface area contributed by atoms with Crippen LogP contribution in [0.15, 0.2) is 18.2 Å². The maximum absolute atomic E-state index is 12.3. The molecule has 0 saturated carbocycles. The molecule has 1 aromatic carbocycles. The summed E-state index contributed by atoms with van der Waals surface area (Å²) in [5.74, 6) is 0.126. The van der Waals surface area contributed by atoms with Gasteiger partial charge in [0.2, 0.25) is 0 Å². The second kappa shape index (κ2) is 6.17. The Labute approximate surface area is 104 Å². The third-order valence-electron chi connectivity index (χ3n) is 2.36. The number of methoxy groups -OCH3 is 1. The van der Waals surface area contributed by atoms with Crippen molar-refractivity contribution in [1.29, 1.82) is 5.26 Å². The van der Waals surface area contributed by atoms with Gasteiger partial charge in [0.25, 0.3) is 0 Å². The fourth-order valence-corrected chi connectivity index (χ4v) is 1.54. The first-order valence-corrected chi connectivity index (χ1v) is 5.18. The Morgan fingerprint density at radius 3 is 2.39 bits per heavy atom. The third kappa shape index (κ3) is 3.31. The fraction of sp³-hybridized carbons (Fsp3) is 0.417. The molecule has 0 aliphatic heterocycles. The first-order chi connectivity index (χ1) is 8.49. The van der Waals surface area contributed by atoms with Gasteiger partial charge in [-0.05, 0) is 31.8 Å². The molecule has 0 spiro atoms. The minimum atomic E-state index is -2.94. The van der Waals surface area contributed by atoms with Gasteiger partial charge in [0.15, 0.2) is 11.5 Å². The van der Waals surface area contributed by atoms with Crippen molar-refractivity contribution in [2.75, 3.05) is 21.2 Å². The van der Waals surface area contributed by atoms with Crippen molar-refractivity contribution in [3.8, 4) is 17.6 Å². The summed E-state index contributed by atoms with van der Waals surface area (Å²) in [5, 5.41) is 9.04. The summed E-state index contributed by atoms with van der Waals surface area (Å²) in [6.07, 6.45) is 0. The molecule has 0 N–H and O–H groups in total. The number of nitriles is 1. The normalized spacial score (nSPS) is 12.3. The van der Waals surface area contributed by atoms with E-state index in [1.807, 2.05) is 0 Å². The van der Waals surface area contributed by atoms with Crippen LogP contribution >= 0.6 is 0 Å². The summed E-state index contributed by atoms with van der Waals surface area (Å²) in [6.45, 7) is -2.94. The summed E-state index contributed by atoms with van der Waals surface area (Å²) < 4.78 is 33.8. The minimum absolute atomic E-state index is 0.0768. The Morgan fingerprint density at radius 1 is 1.28 bits per heavy atom. The molecule has 18 heavy (non-hydrogen) atoms. The Bertz CT molecular complexity index is 444. The van der Waals surface area contributed by atoms with E-state index in [0.717, 1.165) is 0 Å². The van der Waals surface area contributed by atoms with Crippen molar-refractivity contribution in [3.05, 3.63) is 23.8 Å². The van der Waals surface area contributed by atoms with Gasteiger partial charge in [-0.15, -0.1) is 0 Å². The molecule has 1 aromatic rings. The highest BCUT2D eigenvalue weighted by atomic mass is 19.3. The van der Waals surface area contributed by atoms with Crippen molar-refractivity contribution in [3.63, 3.8) is 0 Å². The second-order valence-corrected chi connectivity index (χ2v) is 3.78. The van der Waals surface area contributed by atoms with Crippen molar-refractivity contribution in [2.45, 2.75) is 12.7 Å². The van der Waals surface area contributed by atoms with Crippen molar-refractivity contribution in [1.82, 2.24) is 4.90 Å². The van der Waals surface area contributed by atoms with Gasteiger partial charge < -0.3 is 9.47 Å². The molecule has 0 bridgehead atoms. The predicted molar refractivity (Wildman–Crippen MR) is 61.7 cm³/mol. The van der Waals surface area contributed by atoms with E-state index in [1.54, 1.807) is 25.1 Å². The molecular formula is C12H14F2N2O2. The zero-order valence-corrected chi connectivity index (χ0v) is 10.4. The van der Waals surface area contributed by atoms with E-state index in [-0.39, 0.29) is 11.5 Å². The zero-order valence-electron chi connectivity index (χ0n) is 10.4. The lowest BCUT2D eigenvalue weighted by Crippen LogP contribution is -2.18. The lowest BCUT2D eigenvalue weighted by atomic mass is 10.1. The highest BCUT2D eigenvalue weighted by Crippen LogP contribution is 2.32. The van der Waals surface area contributed by atoms with Crippen LogP contribution in [0.25, 0.3) is 0 Å². The van der Waals surface area contributed by atoms with Crippen molar-refractivity contribution >= 4 is 0 Å². The topological polar surface area (TPSA) is 45.5 Å². The molecule has 0 heterocycles. The van der Waals surface area contributed by atoms with E-state index >= 15 is 0 Å². The Morgan fingerprint density at radius 2 is 1.94 bits per heavy atom. The number of rotatable bonds is 5. The number of halogens is 2. The Balaban J connectivity index is 3.13. The van der Waals surface area contributed by atoms with Gasteiger partial charge >= 0.3 is 6.61 Å². The van der Waals surface area contributed by atoms with Gasteiger partial charge in [0.05, 0.1) is 13.2 Å². The smallest absolute Gasteiger partial charge is 0.387 e. The molecule has 1 rings (SSSR count). The molecule has 0 aromatic heterocycles. The second-order valence-electron chi connectivity index (χ2n) is 3.78. The first-order valence-electron chi connectivity index (χ1n) is 5.18. The Kier molecular flexibility index (Phi) is 4.86. The van der Waals surface area contributed by atoms with Gasteiger partial charge in [-0.25, -0.2) is 0 Å². The lowest BCUT2D eigenvalue weighted by molar-refractivity contribution is -0.0512. The molecule has 0 fully saturated rings. The number of hydrogen-bond acceptors (Lipinski definition) is 4. The average Bonchev–Trinajstić information content (AvgIpc) is 2.29. The third-order valence-corrected chi connectivity index (χ3v) is 2.36. The molecule has 0 aliphatic rings. The largest absolute Gasteiger partial charge is 0.493 e. The van der Waals surface area contributed by atoms with Crippen molar-refractivity contribution in [2.24, 2.45) is 0 Å². The predicted octanol–water partition coefficient (Wildman–Crippen LogP) is 2.42. The molecule has 0 amide bonds. The number of alkyl halides is 2. The minimum Gasteiger partial charge on any atom is -0.493 e. The van der Waals surface area contributed by atoms with Crippen LogP contribution in [0.4, 0.5) is 8.78 Å². The molecule has 1 atom stereocenters. The van der Waals surface area contributed by atoms with E-state index < -0.39 is 12.7 Å². The highest BCUT2D eigenvalue weighted by Gasteiger charge is 2.17. The van der Waals surface area contributed by atoms with Gasteiger partial charge in [0.1, 0.15) is 6.04 Å². The average molecular weight is 256 g/mol. The summed E-state index contributed by atoms with van der Waals surface area (Å²) in [6, 6.07) is 6.08. The fourth-order valence-electron chi connectivity index (χ4n) is 1.54. The zero-order chi connectivity index (χ0) is 13.7. The van der Waals surface area contributed by atoms with Gasteiger partial charge in [-0.2, -0.15) is 14.0 Å². The molecular weight excluding hydrogens is 242 g/mol. The van der Waals surface area contributed by atoms with Crippen LogP contribution in [-0.2, 0) is 0 Å². The maximum atomic E-state index is 12.3. The van der Waals surface area contributed by atoms with Crippen LogP contribution in [-0.4, -0.2) is 32.7 Å². The van der Waals surface area contributed by atoms with Crippen LogP contribution < -0.4 is 9.47 Å². The van der Waals surface area contributed by atoms with E-state index in [4.69, 9.17) is 10.00 Å². The highest BCUT2D eigenvalue weighted by molar-refractivity contribution is 5.44. The van der Waals surface area contributed by atoms with E-state index in [2.05, 4.69) is 10.8 Å². The quantitative estimate of drug-likeness (QED) is 0.811. The van der Waals surface area contributed by atoms with Crippen LogP contribution in [0, 0.1) is 11.3 Å². The first kappa shape index (κ1) is 14.2. The van der Waals surface area contributed by atoms with Crippen LogP contribution in [0.5, 0.6) is 11.5 Å². The summed E-state index contributed by atoms with van der Waals surface area (Å²) in [7, 11) is 4.82. The van der Waals surface area contributed by atoms with Gasteiger partial charge in [-0.3, -0.25) is 4.90 Å². The Hall–Kier alpha value is -1.87. The lowest BCUT2D eigenvalue weighted by Gasteiger charge is -2.19. The molecule has 1 unspecified atom stereocenters. The molecule has 4 nitrogen and oxygen atoms in total. The molecule has 6 heteroatoms. The van der Waals surface area contributed by atoms with E-state index in [1.165, 1.54) is 19.2 Å². The molecule has 0 saturated heterocycles. The SMILES string of the molecule is COc1ccc(C(C#N)N(C)C)cc1OC(F)F. The number of ether oxygens (including phenoxy) is 2. The number of benzene rings is 1. The van der Waals surface area contributed by atoms with Crippen LogP contribution in [0.3, 0.4) is 0 Å². The van der Waals surface area contributed by atoms with Gasteiger partial charge in [0, 0.05) is 0 Å². The number of hydrogen-bond donors (Lipinski definition) is 0. The molecule has 0 aliphatic carbocycles. The standard InChI is InChI=1S/C12H14F2N2O2/c1-16(2)9(7-15)8-4-5-10(17-3)11(6-8)18-12(13)14/h4-6,9,12H,1-3H3. The van der Waals surface area contributed by atoms with Crippen LogP contribution in [0.1, 0.15) is 11.6 Å².